The minimum Gasteiger partial charge on any atom is -0.484 e. The number of hydrogen-bond donors (Lipinski definition) is 2. The van der Waals surface area contributed by atoms with Crippen LogP contribution in [0, 0.1) is 0 Å². The fourth-order valence-electron chi connectivity index (χ4n) is 3.05. The van der Waals surface area contributed by atoms with Crippen molar-refractivity contribution in [3.63, 3.8) is 0 Å². The largest absolute Gasteiger partial charge is 0.484 e. The molecule has 3 aromatic carbocycles. The number of fused-ring (bicyclic) bond motifs is 1. The summed E-state index contributed by atoms with van der Waals surface area (Å²) >= 11 is 0. The minimum absolute atomic E-state index is 0.112. The van der Waals surface area contributed by atoms with Gasteiger partial charge in [0.2, 0.25) is 0 Å². The highest BCUT2D eigenvalue weighted by Crippen LogP contribution is 2.22. The number of anilines is 1. The molecule has 7 heteroatoms. The molecule has 0 atom stereocenters. The van der Waals surface area contributed by atoms with Crippen molar-refractivity contribution in [1.29, 1.82) is 0 Å². The highest BCUT2D eigenvalue weighted by atomic mass is 16.5. The summed E-state index contributed by atoms with van der Waals surface area (Å²) in [6.07, 6.45) is 4.61. The second-order valence-corrected chi connectivity index (χ2v) is 6.87. The number of pyridine rings is 1. The lowest BCUT2D eigenvalue weighted by atomic mass is 10.1. The van der Waals surface area contributed by atoms with Gasteiger partial charge in [-0.3, -0.25) is 14.6 Å². The lowest BCUT2D eigenvalue weighted by Gasteiger charge is -2.10. The van der Waals surface area contributed by atoms with Crippen LogP contribution < -0.4 is 15.5 Å². The smallest absolute Gasteiger partial charge is 0.271 e. The first-order chi connectivity index (χ1) is 15.7. The Morgan fingerprint density at radius 3 is 2.47 bits per heavy atom. The highest BCUT2D eigenvalue weighted by molar-refractivity contribution is 6.02. The summed E-state index contributed by atoms with van der Waals surface area (Å²) in [5, 5.41) is 8.86. The van der Waals surface area contributed by atoms with Gasteiger partial charge in [0.25, 0.3) is 11.8 Å². The van der Waals surface area contributed by atoms with E-state index in [0.717, 1.165) is 22.0 Å². The molecule has 0 aliphatic carbocycles. The Balaban J connectivity index is 1.28. The maximum atomic E-state index is 12.3. The Morgan fingerprint density at radius 2 is 1.66 bits per heavy atom. The van der Waals surface area contributed by atoms with Crippen molar-refractivity contribution in [3.05, 3.63) is 102 Å². The molecule has 2 N–H and O–H groups in total. The molecule has 4 rings (SSSR count). The number of rotatable bonds is 7. The van der Waals surface area contributed by atoms with Crippen molar-refractivity contribution < 1.29 is 14.3 Å². The Kier molecular flexibility index (Phi) is 6.48. The zero-order valence-corrected chi connectivity index (χ0v) is 17.1. The molecule has 0 bridgehead atoms. The minimum atomic E-state index is -0.319. The van der Waals surface area contributed by atoms with E-state index < -0.39 is 0 Å². The fourth-order valence-corrected chi connectivity index (χ4v) is 3.05. The predicted octanol–water partition coefficient (Wildman–Crippen LogP) is 4.02. The summed E-state index contributed by atoms with van der Waals surface area (Å²) in [6.45, 7) is -0.112. The Hall–Kier alpha value is -4.52. The zero-order chi connectivity index (χ0) is 22.2. The molecule has 0 radical (unpaired) electrons. The third-order valence-electron chi connectivity index (χ3n) is 4.64. The summed E-state index contributed by atoms with van der Waals surface area (Å²) in [4.78, 5) is 28.1. The first-order valence-corrected chi connectivity index (χ1v) is 9.93. The van der Waals surface area contributed by atoms with Gasteiger partial charge >= 0.3 is 0 Å². The van der Waals surface area contributed by atoms with Gasteiger partial charge in [-0.25, -0.2) is 5.43 Å². The molecule has 0 aliphatic heterocycles. The normalized spacial score (nSPS) is 10.8. The van der Waals surface area contributed by atoms with E-state index in [1.54, 1.807) is 48.8 Å². The third kappa shape index (κ3) is 5.34. The first-order valence-electron chi connectivity index (χ1n) is 9.93. The lowest BCUT2D eigenvalue weighted by Crippen LogP contribution is -2.20. The van der Waals surface area contributed by atoms with E-state index in [0.29, 0.717) is 11.3 Å². The number of ether oxygens (including phenoxy) is 1. The molecule has 0 saturated carbocycles. The van der Waals surface area contributed by atoms with Gasteiger partial charge in [0.05, 0.1) is 6.21 Å². The number of carbonyl (C=O) groups is 2. The van der Waals surface area contributed by atoms with Crippen LogP contribution in [0.25, 0.3) is 10.8 Å². The molecule has 0 fully saturated rings. The number of nitrogens with zero attached hydrogens (tertiary/aromatic N) is 2. The van der Waals surface area contributed by atoms with Gasteiger partial charge in [0.15, 0.2) is 6.61 Å². The van der Waals surface area contributed by atoms with Crippen LogP contribution in [0.3, 0.4) is 0 Å². The van der Waals surface area contributed by atoms with Crippen LogP contribution in [0.4, 0.5) is 5.69 Å². The number of nitrogens with one attached hydrogen (secondary N) is 2. The van der Waals surface area contributed by atoms with E-state index in [1.807, 2.05) is 42.5 Å². The van der Waals surface area contributed by atoms with Gasteiger partial charge in [-0.15, -0.1) is 0 Å². The second kappa shape index (κ2) is 9.99. The standard InChI is InChI=1S/C25H20N4O3/c30-24(28-23-7-3-5-19-4-1-2-6-22(19)23)17-32-21-10-8-18(9-11-21)16-27-29-25(31)20-12-14-26-15-13-20/h1-16H,17H2,(H,28,30)(H,29,31)/b27-16+. The number of carbonyl (C=O) groups excluding carboxylic acids is 2. The van der Waals surface area contributed by atoms with E-state index in [-0.39, 0.29) is 18.4 Å². The van der Waals surface area contributed by atoms with Crippen LogP contribution in [0.2, 0.25) is 0 Å². The average Bonchev–Trinajstić information content (AvgIpc) is 2.84. The topological polar surface area (TPSA) is 92.7 Å². The van der Waals surface area contributed by atoms with Crippen molar-refractivity contribution in [2.24, 2.45) is 5.10 Å². The molecular weight excluding hydrogens is 404 g/mol. The molecular formula is C25H20N4O3. The average molecular weight is 424 g/mol. The molecule has 0 unspecified atom stereocenters. The monoisotopic (exact) mass is 424 g/mol. The van der Waals surface area contributed by atoms with Gasteiger partial charge in [-0.05, 0) is 53.4 Å². The Bertz CT molecular complexity index is 1250. The molecule has 32 heavy (non-hydrogen) atoms. The molecule has 7 nitrogen and oxygen atoms in total. The van der Waals surface area contributed by atoms with Gasteiger partial charge in [-0.1, -0.05) is 36.4 Å². The van der Waals surface area contributed by atoms with Crippen LogP contribution in [-0.2, 0) is 4.79 Å². The molecule has 0 saturated heterocycles. The van der Waals surface area contributed by atoms with Crippen molar-refractivity contribution in [3.8, 4) is 5.75 Å². The molecule has 4 aromatic rings. The van der Waals surface area contributed by atoms with Gasteiger partial charge in [0.1, 0.15) is 5.75 Å². The maximum Gasteiger partial charge on any atom is 0.271 e. The van der Waals surface area contributed by atoms with E-state index in [9.17, 15) is 9.59 Å². The summed E-state index contributed by atoms with van der Waals surface area (Å²) in [7, 11) is 0. The molecule has 1 heterocycles. The number of benzene rings is 3. The molecule has 158 valence electrons. The SMILES string of the molecule is O=C(COc1ccc(/C=N/NC(=O)c2ccncc2)cc1)Nc1cccc2ccccc12. The van der Waals surface area contributed by atoms with Gasteiger partial charge < -0.3 is 10.1 Å². The fraction of sp³-hybridized carbons (Fsp3) is 0.0400. The van der Waals surface area contributed by atoms with E-state index in [4.69, 9.17) is 4.74 Å². The summed E-state index contributed by atoms with van der Waals surface area (Å²) in [5.41, 5.74) is 4.45. The summed E-state index contributed by atoms with van der Waals surface area (Å²) in [6, 6.07) is 23.8. The summed E-state index contributed by atoms with van der Waals surface area (Å²) < 4.78 is 5.58. The number of hydrogen-bond acceptors (Lipinski definition) is 5. The zero-order valence-electron chi connectivity index (χ0n) is 17.1. The first kappa shape index (κ1) is 20.7. The highest BCUT2D eigenvalue weighted by Gasteiger charge is 2.07. The Morgan fingerprint density at radius 1 is 0.906 bits per heavy atom. The number of hydrazone groups is 1. The molecule has 0 spiro atoms. The molecule has 2 amide bonds. The van der Waals surface area contributed by atoms with Crippen LogP contribution in [0.15, 0.2) is 96.4 Å². The van der Waals surface area contributed by atoms with Crippen LogP contribution in [-0.4, -0.2) is 29.6 Å². The van der Waals surface area contributed by atoms with Gasteiger partial charge in [-0.2, -0.15) is 5.10 Å². The van der Waals surface area contributed by atoms with Crippen LogP contribution in [0.5, 0.6) is 5.75 Å². The maximum absolute atomic E-state index is 12.3. The Labute approximate surface area is 184 Å². The van der Waals surface area contributed by atoms with Crippen molar-refractivity contribution >= 4 is 34.5 Å². The number of aromatic nitrogens is 1. The van der Waals surface area contributed by atoms with Crippen molar-refractivity contribution in [2.75, 3.05) is 11.9 Å². The predicted molar refractivity (Wildman–Crippen MR) is 124 cm³/mol. The molecule has 1 aromatic heterocycles. The quantitative estimate of drug-likeness (QED) is 0.346. The lowest BCUT2D eigenvalue weighted by molar-refractivity contribution is -0.118. The van der Waals surface area contributed by atoms with E-state index in [2.05, 4.69) is 20.8 Å². The molecule has 0 aliphatic rings. The van der Waals surface area contributed by atoms with Gasteiger partial charge in [0, 0.05) is 29.0 Å². The second-order valence-electron chi connectivity index (χ2n) is 6.87. The van der Waals surface area contributed by atoms with E-state index in [1.165, 1.54) is 6.21 Å². The van der Waals surface area contributed by atoms with E-state index >= 15 is 0 Å². The van der Waals surface area contributed by atoms with Crippen LogP contribution in [0.1, 0.15) is 15.9 Å². The number of amides is 2. The van der Waals surface area contributed by atoms with Crippen molar-refractivity contribution in [2.45, 2.75) is 0 Å². The van der Waals surface area contributed by atoms with Crippen molar-refractivity contribution in [1.82, 2.24) is 10.4 Å². The van der Waals surface area contributed by atoms with Crippen LogP contribution >= 0.6 is 0 Å². The third-order valence-corrected chi connectivity index (χ3v) is 4.64. The summed E-state index contributed by atoms with van der Waals surface area (Å²) in [5.74, 6) is -0.0114.